The van der Waals surface area contributed by atoms with Gasteiger partial charge < -0.3 is 14.7 Å². The van der Waals surface area contributed by atoms with Crippen LogP contribution in [0.4, 0.5) is 0 Å². The van der Waals surface area contributed by atoms with Gasteiger partial charge in [-0.05, 0) is 74.2 Å². The van der Waals surface area contributed by atoms with Crippen LogP contribution in [0.3, 0.4) is 0 Å². The van der Waals surface area contributed by atoms with Crippen LogP contribution in [0.25, 0.3) is 0 Å². The van der Waals surface area contributed by atoms with E-state index in [-0.39, 0.29) is 35.9 Å². The van der Waals surface area contributed by atoms with Gasteiger partial charge in [0, 0.05) is 29.7 Å². The second-order valence-corrected chi connectivity index (χ2v) is 12.3. The van der Waals surface area contributed by atoms with Crippen LogP contribution in [0.2, 0.25) is 0 Å². The monoisotopic (exact) mass is 773 g/mol. The highest BCUT2D eigenvalue weighted by molar-refractivity contribution is 5.95. The van der Waals surface area contributed by atoms with Crippen molar-refractivity contribution in [3.8, 4) is 0 Å². The number of aryl methyl sites for hydroxylation is 3. The van der Waals surface area contributed by atoms with E-state index in [9.17, 15) is 9.59 Å². The van der Waals surface area contributed by atoms with Gasteiger partial charge in [0.05, 0.1) is 47.9 Å². The molecule has 0 bridgehead atoms. The fraction of sp³-hybridized carbons (Fsp3) is 0.571. The molecule has 13 heteroatoms. The first-order valence-corrected chi connectivity index (χ1v) is 19.3. The van der Waals surface area contributed by atoms with Crippen molar-refractivity contribution in [2.45, 2.75) is 117 Å². The molecule has 0 aliphatic carbocycles. The molecule has 312 valence electrons. The molecule has 3 aromatic rings. The maximum atomic E-state index is 11.8. The van der Waals surface area contributed by atoms with Crippen molar-refractivity contribution in [2.75, 3.05) is 33.0 Å². The first-order chi connectivity index (χ1) is 26.3. The van der Waals surface area contributed by atoms with E-state index in [1.165, 1.54) is 0 Å². The van der Waals surface area contributed by atoms with Crippen molar-refractivity contribution < 1.29 is 33.9 Å². The summed E-state index contributed by atoms with van der Waals surface area (Å²) in [6.07, 6.45) is 6.02. The lowest BCUT2D eigenvalue weighted by Crippen LogP contribution is -2.32. The van der Waals surface area contributed by atoms with E-state index < -0.39 is 0 Å². The van der Waals surface area contributed by atoms with Gasteiger partial charge in [0.15, 0.2) is 6.61 Å². The van der Waals surface area contributed by atoms with Crippen LogP contribution in [0.15, 0.2) is 60.1 Å². The van der Waals surface area contributed by atoms with Crippen LogP contribution in [-0.4, -0.2) is 70.8 Å². The quantitative estimate of drug-likeness (QED) is 0.160. The molecule has 1 aliphatic heterocycles. The van der Waals surface area contributed by atoms with Gasteiger partial charge in [0.1, 0.15) is 6.61 Å². The third kappa shape index (κ3) is 23.8. The van der Waals surface area contributed by atoms with Crippen LogP contribution in [-0.2, 0) is 19.2 Å². The number of nitrogens with zero attached hydrogens (tertiary/aromatic N) is 4. The van der Waals surface area contributed by atoms with Crippen molar-refractivity contribution in [3.05, 3.63) is 88.8 Å². The fourth-order valence-corrected chi connectivity index (χ4v) is 3.44. The number of aliphatic hydroxyl groups excluding tert-OH is 1. The number of pyridine rings is 3. The Labute approximate surface area is 332 Å². The molecule has 3 N–H and O–H groups in total. The van der Waals surface area contributed by atoms with E-state index in [1.54, 1.807) is 56.7 Å². The zero-order chi connectivity index (χ0) is 42.9. The van der Waals surface area contributed by atoms with Crippen LogP contribution in [0.1, 0.15) is 140 Å². The number of rotatable bonds is 11. The molecule has 3 aromatic heterocycles. The number of carbonyl (C=O) groups excluding carboxylic acids is 2. The second kappa shape index (κ2) is 32.9. The molecule has 13 nitrogen and oxygen atoms in total. The first-order valence-electron chi connectivity index (χ1n) is 19.3. The average Bonchev–Trinajstić information content (AvgIpc) is 3.22. The lowest BCUT2D eigenvalue weighted by atomic mass is 9.92. The Kier molecular flexibility index (Phi) is 32.9. The van der Waals surface area contributed by atoms with Gasteiger partial charge in [-0.1, -0.05) is 90.0 Å². The van der Waals surface area contributed by atoms with E-state index in [0.717, 1.165) is 17.7 Å². The summed E-state index contributed by atoms with van der Waals surface area (Å²) in [5.41, 5.74) is 8.64. The number of ether oxygens (including phenoxy) is 1. The van der Waals surface area contributed by atoms with E-state index in [2.05, 4.69) is 51.8 Å². The summed E-state index contributed by atoms with van der Waals surface area (Å²) in [7, 11) is 0. The van der Waals surface area contributed by atoms with Gasteiger partial charge in [-0.25, -0.2) is 11.0 Å². The van der Waals surface area contributed by atoms with E-state index >= 15 is 0 Å². The van der Waals surface area contributed by atoms with Gasteiger partial charge in [-0.2, -0.15) is 0 Å². The Balaban J connectivity index is -0.000000678. The molecular formula is C42H72N6O7. The fourth-order valence-electron chi connectivity index (χ4n) is 3.44. The Morgan fingerprint density at radius 2 is 1.11 bits per heavy atom. The van der Waals surface area contributed by atoms with Crippen molar-refractivity contribution in [1.29, 1.82) is 0 Å². The largest absolute Gasteiger partial charge is 0.471 e. The summed E-state index contributed by atoms with van der Waals surface area (Å²) in [6.45, 7) is 33.2. The lowest BCUT2D eigenvalue weighted by Gasteiger charge is -2.21. The van der Waals surface area contributed by atoms with Crippen LogP contribution in [0, 0.1) is 31.6 Å². The van der Waals surface area contributed by atoms with Gasteiger partial charge >= 0.3 is 0 Å². The summed E-state index contributed by atoms with van der Waals surface area (Å²) in [6, 6.07) is 10.6. The van der Waals surface area contributed by atoms with E-state index in [4.69, 9.17) is 24.4 Å². The number of aromatic nitrogens is 3. The molecule has 55 heavy (non-hydrogen) atoms. The van der Waals surface area contributed by atoms with Crippen molar-refractivity contribution >= 4 is 17.7 Å². The number of hydrogen-bond acceptors (Lipinski definition) is 11. The molecule has 0 radical (unpaired) electrons. The molecular weight excluding hydrogens is 700 g/mol. The van der Waals surface area contributed by atoms with Gasteiger partial charge in [0.2, 0.25) is 0 Å². The number of nitrogens with one attached hydrogen (secondary N) is 2. The number of hydrogen-bond donors (Lipinski definition) is 3. The number of carbonyl (C=O) groups is 2. The van der Waals surface area contributed by atoms with Crippen molar-refractivity contribution in [1.82, 2.24) is 25.9 Å². The highest BCUT2D eigenvalue weighted by atomic mass is 16.7. The zero-order valence-corrected chi connectivity index (χ0v) is 36.6. The van der Waals surface area contributed by atoms with Gasteiger partial charge in [0.25, 0.3) is 17.7 Å². The Morgan fingerprint density at radius 1 is 0.691 bits per heavy atom. The van der Waals surface area contributed by atoms with Crippen LogP contribution < -0.4 is 11.0 Å². The minimum atomic E-state index is -0.378. The summed E-state index contributed by atoms with van der Waals surface area (Å²) < 4.78 is 5.33. The molecule has 0 atom stereocenters. The van der Waals surface area contributed by atoms with Gasteiger partial charge in [-0.15, -0.1) is 0 Å². The third-order valence-corrected chi connectivity index (χ3v) is 6.94. The second-order valence-electron chi connectivity index (χ2n) is 12.3. The normalized spacial score (nSPS) is 11.1. The predicted octanol–water partition coefficient (Wildman–Crippen LogP) is 8.76. The van der Waals surface area contributed by atoms with Crippen LogP contribution in [0.5, 0.6) is 0 Å². The van der Waals surface area contributed by atoms with Crippen molar-refractivity contribution in [2.24, 2.45) is 16.0 Å². The molecule has 4 heterocycles. The lowest BCUT2D eigenvalue weighted by molar-refractivity contribution is -0.0198. The predicted molar refractivity (Wildman–Crippen MR) is 223 cm³/mol. The third-order valence-electron chi connectivity index (χ3n) is 6.94. The zero-order valence-electron chi connectivity index (χ0n) is 36.6. The molecule has 4 rings (SSSR count). The molecule has 1 aliphatic rings. The smallest absolute Gasteiger partial charge is 0.276 e. The van der Waals surface area contributed by atoms with Crippen LogP contribution >= 0.6 is 0 Å². The number of aliphatic hydroxyl groups is 1. The molecule has 0 aromatic carbocycles. The number of oxime groups is 1. The summed E-state index contributed by atoms with van der Waals surface area (Å²) >= 11 is 0. The Bertz CT molecular complexity index is 1390. The van der Waals surface area contributed by atoms with E-state index in [0.29, 0.717) is 48.2 Å². The molecule has 0 unspecified atom stereocenters. The maximum absolute atomic E-state index is 11.8. The molecule has 0 fully saturated rings. The summed E-state index contributed by atoms with van der Waals surface area (Å²) in [4.78, 5) is 50.9. The molecule has 0 saturated heterocycles. The summed E-state index contributed by atoms with van der Waals surface area (Å²) in [5, 5.41) is 12.8. The molecule has 0 spiro atoms. The standard InChI is InChI=1S/C13H20N2O2.C12H18N2O3.C9H10N2O2.4C2H6/c1-5-13(3,4)9-17-15-12(16)11-7-6-8-14-10(11)2;1-9-10(5-4-6-13-9)11(16)14-17-8-12(2,3)7-15;1-7-8(3-2-4-10-7)9-11-13-6-5-12-9;4*1-2/h6-8H,5,9H2,1-4H3,(H,15,16);4-6,15H,7-8H2,1-3H3,(H,14,16);2-4H,5-6H2,1H3;4*1-2H3. The summed E-state index contributed by atoms with van der Waals surface area (Å²) in [5.74, 6) is -0.0521. The first kappa shape index (κ1) is 54.9. The Morgan fingerprint density at radius 3 is 1.47 bits per heavy atom. The number of hydroxylamine groups is 2. The molecule has 0 saturated carbocycles. The number of amides is 2. The minimum Gasteiger partial charge on any atom is -0.471 e. The van der Waals surface area contributed by atoms with Gasteiger partial charge in [-0.3, -0.25) is 34.2 Å². The average molecular weight is 773 g/mol. The van der Waals surface area contributed by atoms with Crippen molar-refractivity contribution in [3.63, 3.8) is 0 Å². The molecule has 2 amide bonds. The highest BCUT2D eigenvalue weighted by Gasteiger charge is 2.19. The highest BCUT2D eigenvalue weighted by Crippen LogP contribution is 2.19. The topological polar surface area (TPSA) is 166 Å². The van der Waals surface area contributed by atoms with E-state index in [1.807, 2.05) is 88.3 Å². The minimum absolute atomic E-state index is 0.00517. The maximum Gasteiger partial charge on any atom is 0.276 e. The Hall–Kier alpha value is -4.46. The SMILES string of the molecule is CC.CC.CC.CC.CCC(C)(C)CONC(=O)c1cccnc1C.Cc1ncccc1C(=O)NOCC(C)(C)CO.Cc1ncccc1C1=NOCCO1.